The average molecular weight is 499 g/mol. The Balaban J connectivity index is 1.39. The van der Waals surface area contributed by atoms with Crippen LogP contribution in [-0.2, 0) is 9.59 Å². The molecule has 8 heteroatoms. The van der Waals surface area contributed by atoms with E-state index in [1.54, 1.807) is 41.1 Å². The van der Waals surface area contributed by atoms with Gasteiger partial charge in [0.15, 0.2) is 11.6 Å². The molecule has 37 heavy (non-hydrogen) atoms. The predicted molar refractivity (Wildman–Crippen MR) is 140 cm³/mol. The van der Waals surface area contributed by atoms with Gasteiger partial charge in [0.2, 0.25) is 11.8 Å². The number of benzene rings is 3. The molecule has 1 aromatic heterocycles. The fourth-order valence-corrected chi connectivity index (χ4v) is 4.42. The lowest BCUT2D eigenvalue weighted by atomic mass is 10.0. The van der Waals surface area contributed by atoms with Crippen LogP contribution in [0.4, 0.5) is 15.8 Å². The third-order valence-corrected chi connectivity index (χ3v) is 6.27. The molecule has 1 saturated carbocycles. The monoisotopic (exact) mass is 498 g/mol. The molecule has 7 nitrogen and oxygen atoms in total. The second kappa shape index (κ2) is 10.3. The van der Waals surface area contributed by atoms with Crippen molar-refractivity contribution in [2.45, 2.75) is 26.2 Å². The maximum Gasteiger partial charge on any atom is 0.228 e. The van der Waals surface area contributed by atoms with Crippen molar-refractivity contribution in [2.75, 3.05) is 17.2 Å². The van der Waals surface area contributed by atoms with Gasteiger partial charge in [0.05, 0.1) is 18.0 Å². The zero-order valence-corrected chi connectivity index (χ0v) is 20.6. The summed E-state index contributed by atoms with van der Waals surface area (Å²) < 4.78 is 21.8. The Hall–Kier alpha value is -4.46. The van der Waals surface area contributed by atoms with Crippen molar-refractivity contribution in [1.29, 1.82) is 0 Å². The van der Waals surface area contributed by atoms with E-state index in [0.29, 0.717) is 35.7 Å². The first-order valence-electron chi connectivity index (χ1n) is 12.2. The Morgan fingerprint density at radius 1 is 1.03 bits per heavy atom. The van der Waals surface area contributed by atoms with E-state index in [0.717, 1.165) is 11.3 Å². The molecule has 188 valence electrons. The van der Waals surface area contributed by atoms with E-state index in [9.17, 15) is 14.0 Å². The number of aromatic nitrogens is 2. The number of nitrogens with zero attached hydrogens (tertiary/aromatic N) is 2. The highest BCUT2D eigenvalue weighted by Crippen LogP contribution is 2.51. The standard InChI is InChI=1S/C29H27FN4O3/c1-3-37-27-14-9-19(15-26(27)30)28-25(17-34(33-28)22-7-5-4-6-8-22)23-16-24(23)29(36)32-21-12-10-20(11-13-21)31-18(2)35/h4-15,17,23-24H,3,16H2,1-2H3,(H,31,35)(H,32,36). The van der Waals surface area contributed by atoms with Crippen molar-refractivity contribution >= 4 is 23.2 Å². The number of rotatable bonds is 8. The Morgan fingerprint density at radius 2 is 1.73 bits per heavy atom. The lowest BCUT2D eigenvalue weighted by Gasteiger charge is -2.08. The second-order valence-electron chi connectivity index (χ2n) is 8.99. The summed E-state index contributed by atoms with van der Waals surface area (Å²) in [6.07, 6.45) is 2.60. The van der Waals surface area contributed by atoms with Crippen molar-refractivity contribution in [2.24, 2.45) is 5.92 Å². The molecular weight excluding hydrogens is 471 g/mol. The second-order valence-corrected chi connectivity index (χ2v) is 8.99. The van der Waals surface area contributed by atoms with Crippen LogP contribution >= 0.6 is 0 Å². The topological polar surface area (TPSA) is 85.2 Å². The molecule has 4 aromatic rings. The van der Waals surface area contributed by atoms with Gasteiger partial charge in [-0.3, -0.25) is 9.59 Å². The smallest absolute Gasteiger partial charge is 0.228 e. The van der Waals surface area contributed by atoms with Gasteiger partial charge < -0.3 is 15.4 Å². The summed E-state index contributed by atoms with van der Waals surface area (Å²) in [6, 6.07) is 21.5. The first kappa shape index (κ1) is 24.2. The van der Waals surface area contributed by atoms with Crippen molar-refractivity contribution < 1.29 is 18.7 Å². The summed E-state index contributed by atoms with van der Waals surface area (Å²) in [5.74, 6) is -0.767. The normalized spacial score (nSPS) is 16.2. The maximum atomic E-state index is 14.7. The summed E-state index contributed by atoms with van der Waals surface area (Å²) >= 11 is 0. The number of halogens is 1. The van der Waals surface area contributed by atoms with Crippen LogP contribution in [0, 0.1) is 11.7 Å². The Kier molecular flexibility index (Phi) is 6.72. The van der Waals surface area contributed by atoms with Gasteiger partial charge in [0.1, 0.15) is 0 Å². The molecule has 2 amide bonds. The van der Waals surface area contributed by atoms with E-state index in [4.69, 9.17) is 9.84 Å². The van der Waals surface area contributed by atoms with Crippen LogP contribution in [0.15, 0.2) is 79.0 Å². The number of hydrogen-bond donors (Lipinski definition) is 2. The number of para-hydroxylation sites is 1. The number of carbonyl (C=O) groups excluding carboxylic acids is 2. The van der Waals surface area contributed by atoms with Crippen LogP contribution in [0.5, 0.6) is 5.75 Å². The molecule has 2 unspecified atom stereocenters. The molecule has 0 saturated heterocycles. The summed E-state index contributed by atoms with van der Waals surface area (Å²) in [4.78, 5) is 24.2. The van der Waals surface area contributed by atoms with Gasteiger partial charge in [-0.15, -0.1) is 0 Å². The van der Waals surface area contributed by atoms with Crippen LogP contribution < -0.4 is 15.4 Å². The molecule has 5 rings (SSSR count). The van der Waals surface area contributed by atoms with Gasteiger partial charge in [-0.2, -0.15) is 5.10 Å². The molecule has 2 N–H and O–H groups in total. The zero-order chi connectivity index (χ0) is 25.9. The van der Waals surface area contributed by atoms with E-state index in [1.165, 1.54) is 13.0 Å². The highest BCUT2D eigenvalue weighted by molar-refractivity contribution is 5.96. The van der Waals surface area contributed by atoms with Crippen molar-refractivity contribution in [1.82, 2.24) is 9.78 Å². The number of anilines is 2. The molecule has 1 heterocycles. The molecule has 1 aliphatic rings. The molecule has 1 fully saturated rings. The lowest BCUT2D eigenvalue weighted by Crippen LogP contribution is -2.14. The minimum atomic E-state index is -0.452. The minimum absolute atomic E-state index is 0.0410. The van der Waals surface area contributed by atoms with Gasteiger partial charge >= 0.3 is 0 Å². The highest BCUT2D eigenvalue weighted by atomic mass is 19.1. The first-order chi connectivity index (χ1) is 17.9. The van der Waals surface area contributed by atoms with Gasteiger partial charge in [-0.1, -0.05) is 18.2 Å². The van der Waals surface area contributed by atoms with Crippen LogP contribution in [0.3, 0.4) is 0 Å². The van der Waals surface area contributed by atoms with Crippen molar-refractivity contribution in [3.05, 3.63) is 90.4 Å². The van der Waals surface area contributed by atoms with Crippen molar-refractivity contribution in [3.63, 3.8) is 0 Å². The molecule has 0 radical (unpaired) electrons. The van der Waals surface area contributed by atoms with Gasteiger partial charge in [-0.25, -0.2) is 9.07 Å². The quantitative estimate of drug-likeness (QED) is 0.323. The molecule has 3 aromatic carbocycles. The number of nitrogens with one attached hydrogen (secondary N) is 2. The third-order valence-electron chi connectivity index (χ3n) is 6.27. The number of ether oxygens (including phenoxy) is 1. The number of amides is 2. The summed E-state index contributed by atoms with van der Waals surface area (Å²) in [6.45, 7) is 3.63. The van der Waals surface area contributed by atoms with Crippen LogP contribution in [0.25, 0.3) is 16.9 Å². The van der Waals surface area contributed by atoms with Gasteiger partial charge in [-0.05, 0) is 67.9 Å². The molecule has 0 spiro atoms. The lowest BCUT2D eigenvalue weighted by molar-refractivity contribution is -0.117. The highest BCUT2D eigenvalue weighted by Gasteiger charge is 2.46. The summed E-state index contributed by atoms with van der Waals surface area (Å²) in [7, 11) is 0. The van der Waals surface area contributed by atoms with Gasteiger partial charge in [0.25, 0.3) is 0 Å². The summed E-state index contributed by atoms with van der Waals surface area (Å²) in [5.41, 5.74) is 4.36. The van der Waals surface area contributed by atoms with E-state index in [2.05, 4.69) is 10.6 Å². The molecule has 0 bridgehead atoms. The van der Waals surface area contributed by atoms with Crippen LogP contribution in [0.2, 0.25) is 0 Å². The molecule has 1 aliphatic carbocycles. The summed E-state index contributed by atoms with van der Waals surface area (Å²) in [5, 5.41) is 10.4. The fraction of sp³-hybridized carbons (Fsp3) is 0.207. The Bertz CT molecular complexity index is 1430. The molecule has 2 atom stereocenters. The number of carbonyl (C=O) groups is 2. The Morgan fingerprint density at radius 3 is 2.38 bits per heavy atom. The number of hydrogen-bond acceptors (Lipinski definition) is 4. The van der Waals surface area contributed by atoms with E-state index < -0.39 is 5.82 Å². The third kappa shape index (κ3) is 5.38. The molecular formula is C29H27FN4O3. The average Bonchev–Trinajstić information content (AvgIpc) is 3.57. The SMILES string of the molecule is CCOc1ccc(-c2nn(-c3ccccc3)cc2C2CC2C(=O)Nc2ccc(NC(C)=O)cc2)cc1F. The van der Waals surface area contributed by atoms with Crippen LogP contribution in [0.1, 0.15) is 31.7 Å². The van der Waals surface area contributed by atoms with E-state index >= 15 is 0 Å². The van der Waals surface area contributed by atoms with Crippen LogP contribution in [-0.4, -0.2) is 28.2 Å². The Labute approximate surface area is 214 Å². The first-order valence-corrected chi connectivity index (χ1v) is 12.2. The largest absolute Gasteiger partial charge is 0.491 e. The van der Waals surface area contributed by atoms with Gasteiger partial charge in [0, 0.05) is 47.5 Å². The van der Waals surface area contributed by atoms with E-state index in [-0.39, 0.29) is 29.4 Å². The fourth-order valence-electron chi connectivity index (χ4n) is 4.42. The van der Waals surface area contributed by atoms with E-state index in [1.807, 2.05) is 43.5 Å². The maximum absolute atomic E-state index is 14.7. The van der Waals surface area contributed by atoms with Crippen molar-refractivity contribution in [3.8, 4) is 22.7 Å². The molecule has 0 aliphatic heterocycles. The minimum Gasteiger partial charge on any atom is -0.491 e. The zero-order valence-electron chi connectivity index (χ0n) is 20.6. The predicted octanol–water partition coefficient (Wildman–Crippen LogP) is 5.78.